The largest absolute Gasteiger partial charge is 0.465 e. The summed E-state index contributed by atoms with van der Waals surface area (Å²) in [6, 6.07) is 3.47. The number of ether oxygens (including phenoxy) is 2. The summed E-state index contributed by atoms with van der Waals surface area (Å²) in [7, 11) is 0. The Balaban J connectivity index is 1.95. The van der Waals surface area contributed by atoms with Gasteiger partial charge in [0.1, 0.15) is 30.2 Å². The van der Waals surface area contributed by atoms with Gasteiger partial charge < -0.3 is 24.1 Å². The molecule has 1 fully saturated rings. The van der Waals surface area contributed by atoms with E-state index in [0.29, 0.717) is 11.3 Å². The van der Waals surface area contributed by atoms with E-state index in [1.165, 1.54) is 6.26 Å². The molecule has 5 heteroatoms. The van der Waals surface area contributed by atoms with Crippen LogP contribution < -0.4 is 0 Å². The Labute approximate surface area is 105 Å². The summed E-state index contributed by atoms with van der Waals surface area (Å²) < 4.78 is 16.5. The molecule has 3 rings (SSSR count). The van der Waals surface area contributed by atoms with Crippen LogP contribution in [-0.2, 0) is 9.47 Å². The first-order valence-electron chi connectivity index (χ1n) is 5.95. The van der Waals surface area contributed by atoms with Gasteiger partial charge in [0.15, 0.2) is 5.79 Å². The van der Waals surface area contributed by atoms with Gasteiger partial charge in [0, 0.05) is 5.57 Å². The normalized spacial score (nSPS) is 38.3. The van der Waals surface area contributed by atoms with Gasteiger partial charge in [-0.05, 0) is 32.1 Å². The zero-order valence-corrected chi connectivity index (χ0v) is 10.2. The lowest BCUT2D eigenvalue weighted by Crippen LogP contribution is -2.46. The number of aliphatic hydroxyl groups is 2. The number of aliphatic hydroxyl groups excluding tert-OH is 2. The highest BCUT2D eigenvalue weighted by Crippen LogP contribution is 2.39. The van der Waals surface area contributed by atoms with Crippen molar-refractivity contribution in [2.24, 2.45) is 0 Å². The standard InChI is InChI=1S/C13H16O5/c1-13(2)17-11-8(14)6-7(9-4-3-5-16-9)10(15)12(11)18-13/h3-6,8,10-12,14-15H,1-2H3/t8-,10-,11+,12-/m0/s1. The zero-order chi connectivity index (χ0) is 12.9. The minimum Gasteiger partial charge on any atom is -0.465 e. The number of hydrogen-bond acceptors (Lipinski definition) is 5. The molecule has 0 saturated carbocycles. The molecule has 1 aliphatic carbocycles. The lowest BCUT2D eigenvalue weighted by molar-refractivity contribution is -0.155. The van der Waals surface area contributed by atoms with Crippen molar-refractivity contribution < 1.29 is 24.1 Å². The number of rotatable bonds is 1. The zero-order valence-electron chi connectivity index (χ0n) is 10.2. The Morgan fingerprint density at radius 3 is 2.56 bits per heavy atom. The van der Waals surface area contributed by atoms with E-state index >= 15 is 0 Å². The molecule has 2 aliphatic rings. The second kappa shape index (κ2) is 3.93. The number of furan rings is 1. The highest BCUT2D eigenvalue weighted by atomic mass is 16.8. The summed E-state index contributed by atoms with van der Waals surface area (Å²) in [4.78, 5) is 0. The third kappa shape index (κ3) is 1.80. The van der Waals surface area contributed by atoms with Crippen LogP contribution in [0.3, 0.4) is 0 Å². The lowest BCUT2D eigenvalue weighted by Gasteiger charge is -2.30. The minimum atomic E-state index is -0.869. The van der Waals surface area contributed by atoms with Crippen molar-refractivity contribution in [3.05, 3.63) is 30.2 Å². The van der Waals surface area contributed by atoms with Crippen LogP contribution in [0.5, 0.6) is 0 Å². The van der Waals surface area contributed by atoms with Crippen molar-refractivity contribution >= 4 is 5.57 Å². The van der Waals surface area contributed by atoms with Crippen LogP contribution >= 0.6 is 0 Å². The second-order valence-electron chi connectivity index (χ2n) is 5.10. The van der Waals surface area contributed by atoms with Crippen LogP contribution in [0.25, 0.3) is 5.57 Å². The maximum absolute atomic E-state index is 10.3. The van der Waals surface area contributed by atoms with E-state index in [1.54, 1.807) is 32.1 Å². The molecule has 0 radical (unpaired) electrons. The van der Waals surface area contributed by atoms with E-state index in [2.05, 4.69) is 0 Å². The molecule has 2 heterocycles. The fourth-order valence-corrected chi connectivity index (χ4v) is 2.55. The van der Waals surface area contributed by atoms with E-state index in [4.69, 9.17) is 13.9 Å². The van der Waals surface area contributed by atoms with Gasteiger partial charge in [-0.1, -0.05) is 0 Å². The van der Waals surface area contributed by atoms with E-state index in [0.717, 1.165) is 0 Å². The minimum absolute atomic E-state index is 0.535. The average molecular weight is 252 g/mol. The highest BCUT2D eigenvalue weighted by Gasteiger charge is 2.51. The number of fused-ring (bicyclic) bond motifs is 1. The third-order valence-electron chi connectivity index (χ3n) is 3.29. The Kier molecular flexibility index (Phi) is 2.60. The van der Waals surface area contributed by atoms with Gasteiger partial charge in [-0.25, -0.2) is 0 Å². The van der Waals surface area contributed by atoms with Gasteiger partial charge in [-0.3, -0.25) is 0 Å². The van der Waals surface area contributed by atoms with Gasteiger partial charge in [-0.15, -0.1) is 0 Å². The maximum Gasteiger partial charge on any atom is 0.164 e. The average Bonchev–Trinajstić information content (AvgIpc) is 2.90. The lowest BCUT2D eigenvalue weighted by atomic mass is 9.88. The number of hydrogen-bond donors (Lipinski definition) is 2. The predicted molar refractivity (Wildman–Crippen MR) is 62.5 cm³/mol. The quantitative estimate of drug-likeness (QED) is 0.777. The third-order valence-corrected chi connectivity index (χ3v) is 3.29. The van der Waals surface area contributed by atoms with Crippen molar-refractivity contribution in [3.63, 3.8) is 0 Å². The molecule has 1 aliphatic heterocycles. The summed E-state index contributed by atoms with van der Waals surface area (Å²) in [5.41, 5.74) is 0.537. The monoisotopic (exact) mass is 252 g/mol. The summed E-state index contributed by atoms with van der Waals surface area (Å²) >= 11 is 0. The molecule has 2 N–H and O–H groups in total. The summed E-state index contributed by atoms with van der Waals surface area (Å²) in [5.74, 6) is -0.266. The van der Waals surface area contributed by atoms with Crippen LogP contribution in [0.4, 0.5) is 0 Å². The Morgan fingerprint density at radius 1 is 1.17 bits per heavy atom. The maximum atomic E-state index is 10.3. The second-order valence-corrected chi connectivity index (χ2v) is 5.10. The molecular formula is C13H16O5. The summed E-state index contributed by atoms with van der Waals surface area (Å²) in [6.07, 6.45) is 0.271. The van der Waals surface area contributed by atoms with Gasteiger partial charge in [0.05, 0.1) is 6.26 Å². The first kappa shape index (κ1) is 11.9. The molecule has 1 saturated heterocycles. The van der Waals surface area contributed by atoms with Crippen molar-refractivity contribution in [3.8, 4) is 0 Å². The van der Waals surface area contributed by atoms with Crippen LogP contribution in [-0.4, -0.2) is 40.4 Å². The molecular weight excluding hydrogens is 236 g/mol. The fraction of sp³-hybridized carbons (Fsp3) is 0.538. The highest BCUT2D eigenvalue weighted by molar-refractivity contribution is 5.67. The Morgan fingerprint density at radius 2 is 1.89 bits per heavy atom. The molecule has 0 amide bonds. The molecule has 0 unspecified atom stereocenters. The van der Waals surface area contributed by atoms with E-state index in [9.17, 15) is 10.2 Å². The van der Waals surface area contributed by atoms with E-state index in [1.807, 2.05) is 0 Å². The van der Waals surface area contributed by atoms with Crippen LogP contribution in [0, 0.1) is 0 Å². The molecule has 0 bridgehead atoms. The van der Waals surface area contributed by atoms with Gasteiger partial charge in [0.25, 0.3) is 0 Å². The van der Waals surface area contributed by atoms with Crippen molar-refractivity contribution in [1.82, 2.24) is 0 Å². The first-order chi connectivity index (χ1) is 8.48. The molecule has 0 aromatic carbocycles. The molecule has 4 atom stereocenters. The molecule has 1 aromatic rings. The van der Waals surface area contributed by atoms with Gasteiger partial charge >= 0.3 is 0 Å². The van der Waals surface area contributed by atoms with Gasteiger partial charge in [-0.2, -0.15) is 0 Å². The summed E-state index contributed by atoms with van der Waals surface area (Å²) in [6.45, 7) is 3.52. The van der Waals surface area contributed by atoms with Crippen molar-refractivity contribution in [2.75, 3.05) is 0 Å². The Bertz CT molecular complexity index is 462. The molecule has 98 valence electrons. The SMILES string of the molecule is CC1(C)O[C@@H]2[C@H](O1)[C@@H](O)C=C(c1ccco1)[C@@H]2O. The van der Waals surface area contributed by atoms with Crippen molar-refractivity contribution in [1.29, 1.82) is 0 Å². The van der Waals surface area contributed by atoms with E-state index in [-0.39, 0.29) is 0 Å². The van der Waals surface area contributed by atoms with E-state index < -0.39 is 30.2 Å². The first-order valence-corrected chi connectivity index (χ1v) is 5.95. The topological polar surface area (TPSA) is 72.1 Å². The fourth-order valence-electron chi connectivity index (χ4n) is 2.55. The molecule has 1 aromatic heterocycles. The van der Waals surface area contributed by atoms with Gasteiger partial charge in [0.2, 0.25) is 0 Å². The van der Waals surface area contributed by atoms with Crippen molar-refractivity contribution in [2.45, 2.75) is 44.1 Å². The Hall–Kier alpha value is -1.14. The predicted octanol–water partition coefficient (Wildman–Crippen LogP) is 0.918. The summed E-state index contributed by atoms with van der Waals surface area (Å²) in [5, 5.41) is 20.4. The molecule has 5 nitrogen and oxygen atoms in total. The van der Waals surface area contributed by atoms with Crippen LogP contribution in [0.15, 0.2) is 28.9 Å². The van der Waals surface area contributed by atoms with Crippen LogP contribution in [0.2, 0.25) is 0 Å². The van der Waals surface area contributed by atoms with Crippen LogP contribution in [0.1, 0.15) is 19.6 Å². The molecule has 18 heavy (non-hydrogen) atoms. The smallest absolute Gasteiger partial charge is 0.164 e. The molecule has 0 spiro atoms.